The maximum atomic E-state index is 12.9. The van der Waals surface area contributed by atoms with Gasteiger partial charge in [-0.3, -0.25) is 9.48 Å². The van der Waals surface area contributed by atoms with Crippen LogP contribution in [-0.2, 0) is 16.1 Å². The van der Waals surface area contributed by atoms with E-state index in [0.717, 1.165) is 16.0 Å². The number of fused-ring (bicyclic) bond motifs is 1. The third-order valence-corrected chi connectivity index (χ3v) is 6.05. The molecule has 1 aromatic carbocycles. The summed E-state index contributed by atoms with van der Waals surface area (Å²) < 4.78 is 32.2. The van der Waals surface area contributed by atoms with Gasteiger partial charge in [0.2, 0.25) is 5.91 Å². The first kappa shape index (κ1) is 20.5. The number of aromatic nitrogens is 2. The highest BCUT2D eigenvalue weighted by Gasteiger charge is 2.22. The van der Waals surface area contributed by atoms with E-state index < -0.39 is 24.0 Å². The Labute approximate surface area is 172 Å². The number of halogens is 4. The minimum atomic E-state index is -2.83. The minimum Gasteiger partial charge on any atom is -0.465 e. The number of methoxy groups -OCH3 is 1. The predicted molar refractivity (Wildman–Crippen MR) is 104 cm³/mol. The third kappa shape index (κ3) is 3.82. The zero-order valence-electron chi connectivity index (χ0n) is 14.6. The molecule has 2 aromatic heterocycles. The van der Waals surface area contributed by atoms with E-state index in [2.05, 4.69) is 10.4 Å². The molecule has 0 aliphatic rings. The summed E-state index contributed by atoms with van der Waals surface area (Å²) in [5.41, 5.74) is 0.170. The van der Waals surface area contributed by atoms with Crippen LogP contribution in [0.4, 0.5) is 14.5 Å². The minimum absolute atomic E-state index is 0.159. The molecule has 0 aliphatic carbocycles. The number of hydrogen-bond acceptors (Lipinski definition) is 5. The van der Waals surface area contributed by atoms with Crippen LogP contribution in [0.15, 0.2) is 18.2 Å². The standard InChI is InChI=1S/C17H13Cl2F2N3O3S/c1-7-12(18)14(16(20)21)23-24(7)6-11(25)22-8-3-4-9-10(5-8)28-15(13(9)19)17(26)27-2/h3-5,16H,6H2,1-2H3,(H,22,25). The Bertz CT molecular complexity index is 1080. The van der Waals surface area contributed by atoms with Crippen molar-refractivity contribution in [3.63, 3.8) is 0 Å². The first-order valence-corrected chi connectivity index (χ1v) is 9.41. The summed E-state index contributed by atoms with van der Waals surface area (Å²) in [6.07, 6.45) is -2.83. The number of alkyl halides is 2. The van der Waals surface area contributed by atoms with E-state index >= 15 is 0 Å². The van der Waals surface area contributed by atoms with Gasteiger partial charge in [0.25, 0.3) is 6.43 Å². The Morgan fingerprint density at radius 1 is 1.32 bits per heavy atom. The van der Waals surface area contributed by atoms with Crippen molar-refractivity contribution in [3.8, 4) is 0 Å². The van der Waals surface area contributed by atoms with Crippen LogP contribution >= 0.6 is 34.5 Å². The normalized spacial score (nSPS) is 11.2. The molecule has 0 fully saturated rings. The fourth-order valence-electron chi connectivity index (χ4n) is 2.54. The molecule has 1 N–H and O–H groups in total. The molecule has 0 atom stereocenters. The zero-order valence-corrected chi connectivity index (χ0v) is 16.9. The van der Waals surface area contributed by atoms with Crippen LogP contribution in [0.3, 0.4) is 0 Å². The van der Waals surface area contributed by atoms with Crippen LogP contribution in [-0.4, -0.2) is 28.8 Å². The van der Waals surface area contributed by atoms with Gasteiger partial charge in [-0.1, -0.05) is 23.2 Å². The van der Waals surface area contributed by atoms with E-state index in [1.807, 2.05) is 0 Å². The van der Waals surface area contributed by atoms with Gasteiger partial charge in [-0.2, -0.15) is 5.10 Å². The molecule has 0 aliphatic heterocycles. The van der Waals surface area contributed by atoms with E-state index in [1.54, 1.807) is 18.2 Å². The molecule has 3 rings (SSSR count). The van der Waals surface area contributed by atoms with E-state index in [9.17, 15) is 18.4 Å². The zero-order chi connectivity index (χ0) is 20.6. The second-order valence-corrected chi connectivity index (χ2v) is 7.55. The number of hydrogen-bond donors (Lipinski definition) is 1. The quantitative estimate of drug-likeness (QED) is 0.553. The molecular weight excluding hydrogens is 435 g/mol. The number of benzene rings is 1. The molecule has 28 heavy (non-hydrogen) atoms. The predicted octanol–water partition coefficient (Wildman–Crippen LogP) is 5.08. The van der Waals surface area contributed by atoms with E-state index in [0.29, 0.717) is 15.8 Å². The van der Waals surface area contributed by atoms with Crippen molar-refractivity contribution in [2.75, 3.05) is 12.4 Å². The average molecular weight is 448 g/mol. The second-order valence-electron chi connectivity index (χ2n) is 5.74. The van der Waals surface area contributed by atoms with Gasteiger partial charge >= 0.3 is 5.97 Å². The summed E-state index contributed by atoms with van der Waals surface area (Å²) in [7, 11) is 1.26. The molecular formula is C17H13Cl2F2N3O3S. The molecule has 0 spiro atoms. The van der Waals surface area contributed by atoms with E-state index in [4.69, 9.17) is 27.9 Å². The number of ether oxygens (including phenoxy) is 1. The van der Waals surface area contributed by atoms with Crippen molar-refractivity contribution in [2.45, 2.75) is 19.9 Å². The van der Waals surface area contributed by atoms with Crippen molar-refractivity contribution in [3.05, 3.63) is 44.5 Å². The first-order chi connectivity index (χ1) is 13.2. The van der Waals surface area contributed by atoms with E-state index in [-0.39, 0.29) is 27.2 Å². The van der Waals surface area contributed by atoms with Gasteiger partial charge in [-0.15, -0.1) is 11.3 Å². The van der Waals surface area contributed by atoms with Crippen LogP contribution in [0.25, 0.3) is 10.1 Å². The van der Waals surface area contributed by atoms with Gasteiger partial charge < -0.3 is 10.1 Å². The molecule has 148 valence electrons. The summed E-state index contributed by atoms with van der Waals surface area (Å²) >= 11 is 13.2. The molecule has 0 bridgehead atoms. The topological polar surface area (TPSA) is 73.2 Å². The summed E-state index contributed by atoms with van der Waals surface area (Å²) in [6, 6.07) is 4.94. The lowest BCUT2D eigenvalue weighted by Crippen LogP contribution is -2.20. The molecule has 2 heterocycles. The number of carbonyl (C=O) groups is 2. The summed E-state index contributed by atoms with van der Waals surface area (Å²) in [5.74, 6) is -1.02. The van der Waals surface area contributed by atoms with Crippen LogP contribution in [0.2, 0.25) is 10.0 Å². The monoisotopic (exact) mass is 447 g/mol. The number of thiophene rings is 1. The van der Waals surface area contributed by atoms with Crippen molar-refractivity contribution >= 4 is 62.2 Å². The Kier molecular flexibility index (Phi) is 5.87. The lowest BCUT2D eigenvalue weighted by atomic mass is 10.2. The highest BCUT2D eigenvalue weighted by atomic mass is 35.5. The number of carbonyl (C=O) groups excluding carboxylic acids is 2. The van der Waals surface area contributed by atoms with Gasteiger partial charge in [0.1, 0.15) is 17.1 Å². The van der Waals surface area contributed by atoms with Crippen LogP contribution in [0.1, 0.15) is 27.5 Å². The Morgan fingerprint density at radius 3 is 2.64 bits per heavy atom. The number of nitrogens with one attached hydrogen (secondary N) is 1. The molecule has 3 aromatic rings. The fraction of sp³-hybridized carbons (Fsp3) is 0.235. The van der Waals surface area contributed by atoms with Crippen LogP contribution < -0.4 is 5.32 Å². The number of anilines is 1. The summed E-state index contributed by atoms with van der Waals surface area (Å²) in [6.45, 7) is 1.22. The van der Waals surface area contributed by atoms with E-state index in [1.165, 1.54) is 14.0 Å². The summed E-state index contributed by atoms with van der Waals surface area (Å²) in [4.78, 5) is 24.3. The van der Waals surface area contributed by atoms with Crippen molar-refractivity contribution in [2.24, 2.45) is 0 Å². The van der Waals surface area contributed by atoms with Crippen molar-refractivity contribution < 1.29 is 23.1 Å². The Hall–Kier alpha value is -2.23. The van der Waals surface area contributed by atoms with Gasteiger partial charge in [0, 0.05) is 15.8 Å². The number of esters is 1. The third-order valence-electron chi connectivity index (χ3n) is 3.94. The molecule has 0 radical (unpaired) electrons. The molecule has 0 saturated carbocycles. The van der Waals surface area contributed by atoms with Crippen LogP contribution in [0, 0.1) is 6.92 Å². The highest BCUT2D eigenvalue weighted by Crippen LogP contribution is 2.37. The lowest BCUT2D eigenvalue weighted by Gasteiger charge is -2.07. The maximum Gasteiger partial charge on any atom is 0.349 e. The van der Waals surface area contributed by atoms with Crippen molar-refractivity contribution in [1.82, 2.24) is 9.78 Å². The maximum absolute atomic E-state index is 12.9. The highest BCUT2D eigenvalue weighted by molar-refractivity contribution is 7.21. The van der Waals surface area contributed by atoms with Gasteiger partial charge in [-0.25, -0.2) is 13.6 Å². The van der Waals surface area contributed by atoms with Crippen LogP contribution in [0.5, 0.6) is 0 Å². The first-order valence-electron chi connectivity index (χ1n) is 7.84. The smallest absolute Gasteiger partial charge is 0.349 e. The van der Waals surface area contributed by atoms with Crippen molar-refractivity contribution in [1.29, 1.82) is 0 Å². The Balaban J connectivity index is 1.80. The number of rotatable bonds is 5. The molecule has 0 unspecified atom stereocenters. The Morgan fingerprint density at radius 2 is 2.04 bits per heavy atom. The number of nitrogens with zero attached hydrogens (tertiary/aromatic N) is 2. The van der Waals surface area contributed by atoms with Gasteiger partial charge in [0.05, 0.1) is 22.8 Å². The lowest BCUT2D eigenvalue weighted by molar-refractivity contribution is -0.117. The molecule has 0 saturated heterocycles. The average Bonchev–Trinajstić information content (AvgIpc) is 3.12. The SMILES string of the molecule is COC(=O)c1sc2cc(NC(=O)Cn3nc(C(F)F)c(Cl)c3C)ccc2c1Cl. The molecule has 6 nitrogen and oxygen atoms in total. The summed E-state index contributed by atoms with van der Waals surface area (Å²) in [5, 5.41) is 7.13. The van der Waals surface area contributed by atoms with Gasteiger partial charge in [-0.05, 0) is 25.1 Å². The largest absolute Gasteiger partial charge is 0.465 e. The van der Waals surface area contributed by atoms with Gasteiger partial charge in [0.15, 0.2) is 0 Å². The number of amides is 1. The second kappa shape index (κ2) is 8.02. The molecule has 1 amide bonds. The molecule has 11 heteroatoms. The fourth-order valence-corrected chi connectivity index (χ4v) is 4.23.